The van der Waals surface area contributed by atoms with Gasteiger partial charge in [0.25, 0.3) is 0 Å². The number of pyridine rings is 1. The Hall–Kier alpha value is -1.20. The third-order valence-corrected chi connectivity index (χ3v) is 3.67. The third-order valence-electron chi connectivity index (χ3n) is 3.37. The van der Waals surface area contributed by atoms with Crippen LogP contribution < -0.4 is 0 Å². The van der Waals surface area contributed by atoms with Gasteiger partial charge in [-0.25, -0.2) is 4.98 Å². The van der Waals surface area contributed by atoms with Gasteiger partial charge < -0.3 is 9.72 Å². The minimum atomic E-state index is 0.197. The normalized spacial score (nSPS) is 24.6. The molecule has 3 rings (SSSR count). The van der Waals surface area contributed by atoms with Crippen LogP contribution in [0.2, 0.25) is 0 Å². The number of H-pyrrole nitrogens is 1. The molecule has 1 fully saturated rings. The Bertz CT molecular complexity index is 616. The van der Waals surface area contributed by atoms with Gasteiger partial charge in [0.05, 0.1) is 17.7 Å². The van der Waals surface area contributed by atoms with Crippen LogP contribution in [0.3, 0.4) is 0 Å². The Kier molecular flexibility index (Phi) is 2.52. The van der Waals surface area contributed by atoms with Gasteiger partial charge in [-0.05, 0) is 44.6 Å². The second-order valence-electron chi connectivity index (χ2n) is 4.56. The molecular formula is C12H15N3OS. The van der Waals surface area contributed by atoms with Gasteiger partial charge in [-0.1, -0.05) is 0 Å². The minimum absolute atomic E-state index is 0.197. The second-order valence-corrected chi connectivity index (χ2v) is 4.94. The van der Waals surface area contributed by atoms with Crippen LogP contribution in [-0.2, 0) is 4.74 Å². The Morgan fingerprint density at radius 1 is 1.53 bits per heavy atom. The van der Waals surface area contributed by atoms with E-state index < -0.39 is 0 Å². The van der Waals surface area contributed by atoms with E-state index in [1.54, 1.807) is 0 Å². The molecule has 0 spiro atoms. The number of aryl methyl sites for hydroxylation is 1. The first-order valence-corrected chi connectivity index (χ1v) is 6.27. The highest BCUT2D eigenvalue weighted by Gasteiger charge is 2.28. The standard InChI is InChI=1S/C12H15N3OS/c1-7-3-4-9-11(13-7)15(12(17)14-9)10-5-6-16-8(10)2/h3-4,8,10H,5-6H2,1-2H3,(H,14,17). The van der Waals surface area contributed by atoms with Crippen molar-refractivity contribution in [1.29, 1.82) is 0 Å². The predicted octanol–water partition coefficient (Wildman–Crippen LogP) is 2.75. The van der Waals surface area contributed by atoms with Gasteiger partial charge in [0, 0.05) is 12.3 Å². The molecule has 0 bridgehead atoms. The molecule has 1 N–H and O–H groups in total. The number of imidazole rings is 1. The van der Waals surface area contributed by atoms with Crippen molar-refractivity contribution in [1.82, 2.24) is 14.5 Å². The molecule has 0 radical (unpaired) electrons. The van der Waals surface area contributed by atoms with Crippen LogP contribution in [0.1, 0.15) is 25.1 Å². The van der Waals surface area contributed by atoms with Crippen LogP contribution in [0.5, 0.6) is 0 Å². The number of ether oxygens (including phenoxy) is 1. The Balaban J connectivity index is 2.24. The summed E-state index contributed by atoms with van der Waals surface area (Å²) in [6.07, 6.45) is 1.20. The van der Waals surface area contributed by atoms with Crippen LogP contribution in [0.4, 0.5) is 0 Å². The van der Waals surface area contributed by atoms with Crippen LogP contribution in [0.25, 0.3) is 11.2 Å². The fourth-order valence-corrected chi connectivity index (χ4v) is 2.79. The Morgan fingerprint density at radius 2 is 2.35 bits per heavy atom. The van der Waals surface area contributed by atoms with Crippen LogP contribution >= 0.6 is 12.2 Å². The summed E-state index contributed by atoms with van der Waals surface area (Å²) in [6.45, 7) is 4.88. The first kappa shape index (κ1) is 10.9. The van der Waals surface area contributed by atoms with Gasteiger partial charge in [0.2, 0.25) is 0 Å². The molecule has 2 unspecified atom stereocenters. The lowest BCUT2D eigenvalue weighted by Crippen LogP contribution is -2.17. The summed E-state index contributed by atoms with van der Waals surface area (Å²) in [5.74, 6) is 0. The van der Waals surface area contributed by atoms with Gasteiger partial charge in [0.15, 0.2) is 10.4 Å². The molecule has 3 heterocycles. The maximum absolute atomic E-state index is 5.61. The largest absolute Gasteiger partial charge is 0.376 e. The van der Waals surface area contributed by atoms with Crippen molar-refractivity contribution < 1.29 is 4.74 Å². The number of aromatic nitrogens is 3. The van der Waals surface area contributed by atoms with Gasteiger partial charge in [0.1, 0.15) is 0 Å². The fourth-order valence-electron chi connectivity index (χ4n) is 2.46. The van der Waals surface area contributed by atoms with Crippen molar-refractivity contribution >= 4 is 23.4 Å². The van der Waals surface area contributed by atoms with Crippen molar-refractivity contribution in [3.8, 4) is 0 Å². The van der Waals surface area contributed by atoms with E-state index in [0.717, 1.165) is 34.7 Å². The van der Waals surface area contributed by atoms with Crippen LogP contribution in [0, 0.1) is 11.7 Å². The number of hydrogen-bond donors (Lipinski definition) is 1. The second kappa shape index (κ2) is 3.92. The monoisotopic (exact) mass is 249 g/mol. The zero-order valence-electron chi connectivity index (χ0n) is 9.93. The lowest BCUT2D eigenvalue weighted by Gasteiger charge is -2.16. The van der Waals surface area contributed by atoms with Crippen molar-refractivity contribution in [2.75, 3.05) is 6.61 Å². The van der Waals surface area contributed by atoms with E-state index in [-0.39, 0.29) is 6.10 Å². The Labute approximate surface area is 105 Å². The summed E-state index contributed by atoms with van der Waals surface area (Å²) in [4.78, 5) is 7.80. The number of aromatic amines is 1. The number of hydrogen-bond acceptors (Lipinski definition) is 3. The van der Waals surface area contributed by atoms with Gasteiger partial charge in [-0.2, -0.15) is 0 Å². The molecule has 5 heteroatoms. The lowest BCUT2D eigenvalue weighted by molar-refractivity contribution is 0.108. The molecule has 1 saturated heterocycles. The van der Waals surface area contributed by atoms with E-state index in [4.69, 9.17) is 17.0 Å². The number of fused-ring (bicyclic) bond motifs is 1. The summed E-state index contributed by atoms with van der Waals surface area (Å²) in [7, 11) is 0. The summed E-state index contributed by atoms with van der Waals surface area (Å²) in [5.41, 5.74) is 2.95. The molecule has 1 aliphatic rings. The fraction of sp³-hybridized carbons (Fsp3) is 0.500. The van der Waals surface area contributed by atoms with Crippen LogP contribution in [0.15, 0.2) is 12.1 Å². The van der Waals surface area contributed by atoms with E-state index in [1.807, 2.05) is 19.1 Å². The van der Waals surface area contributed by atoms with Crippen LogP contribution in [-0.4, -0.2) is 27.2 Å². The Morgan fingerprint density at radius 3 is 3.06 bits per heavy atom. The van der Waals surface area contributed by atoms with Gasteiger partial charge in [-0.15, -0.1) is 0 Å². The van der Waals surface area contributed by atoms with Crippen molar-refractivity contribution in [3.63, 3.8) is 0 Å². The van der Waals surface area contributed by atoms with Crippen molar-refractivity contribution in [2.45, 2.75) is 32.4 Å². The van der Waals surface area contributed by atoms with E-state index in [1.165, 1.54) is 0 Å². The molecule has 90 valence electrons. The predicted molar refractivity (Wildman–Crippen MR) is 68.7 cm³/mol. The summed E-state index contributed by atoms with van der Waals surface area (Å²) in [5, 5.41) is 0. The molecule has 0 aromatic carbocycles. The molecule has 2 atom stereocenters. The average Bonchev–Trinajstić information content (AvgIpc) is 2.81. The maximum Gasteiger partial charge on any atom is 0.179 e. The third kappa shape index (κ3) is 1.70. The summed E-state index contributed by atoms with van der Waals surface area (Å²) in [6, 6.07) is 4.32. The molecule has 2 aromatic rings. The molecule has 4 nitrogen and oxygen atoms in total. The summed E-state index contributed by atoms with van der Waals surface area (Å²) >= 11 is 5.40. The topological polar surface area (TPSA) is 42.8 Å². The minimum Gasteiger partial charge on any atom is -0.376 e. The first-order valence-electron chi connectivity index (χ1n) is 5.86. The van der Waals surface area contributed by atoms with Gasteiger partial charge in [-0.3, -0.25) is 4.57 Å². The summed E-state index contributed by atoms with van der Waals surface area (Å²) < 4.78 is 8.46. The number of rotatable bonds is 1. The molecule has 2 aromatic heterocycles. The molecule has 0 aliphatic carbocycles. The molecule has 17 heavy (non-hydrogen) atoms. The first-order chi connectivity index (χ1) is 8.16. The molecular weight excluding hydrogens is 234 g/mol. The smallest absolute Gasteiger partial charge is 0.179 e. The van der Waals surface area contributed by atoms with Crippen molar-refractivity contribution in [3.05, 3.63) is 22.6 Å². The van der Waals surface area contributed by atoms with E-state index >= 15 is 0 Å². The lowest BCUT2D eigenvalue weighted by atomic mass is 10.1. The highest BCUT2D eigenvalue weighted by molar-refractivity contribution is 7.71. The van der Waals surface area contributed by atoms with Crippen molar-refractivity contribution in [2.24, 2.45) is 0 Å². The molecule has 1 aliphatic heterocycles. The highest BCUT2D eigenvalue weighted by atomic mass is 32.1. The zero-order valence-corrected chi connectivity index (χ0v) is 10.8. The average molecular weight is 249 g/mol. The number of nitrogens with one attached hydrogen (secondary N) is 1. The van der Waals surface area contributed by atoms with Gasteiger partial charge >= 0.3 is 0 Å². The SMILES string of the molecule is Cc1ccc2[nH]c(=S)n(C3CCOC3C)c2n1. The molecule has 0 amide bonds. The number of nitrogens with zero attached hydrogens (tertiary/aromatic N) is 2. The quantitative estimate of drug-likeness (QED) is 0.790. The maximum atomic E-state index is 5.61. The van der Waals surface area contributed by atoms with E-state index in [0.29, 0.717) is 6.04 Å². The van der Waals surface area contributed by atoms with E-state index in [9.17, 15) is 0 Å². The molecule has 0 saturated carbocycles. The highest BCUT2D eigenvalue weighted by Crippen LogP contribution is 2.29. The van der Waals surface area contributed by atoms with E-state index in [2.05, 4.69) is 21.5 Å². The zero-order chi connectivity index (χ0) is 12.0.